The molecule has 0 radical (unpaired) electrons. The minimum Gasteiger partial charge on any atom is -0.339 e. The van der Waals surface area contributed by atoms with E-state index in [2.05, 4.69) is 46.2 Å². The standard InChI is InChI=1S/C26H30N2O/c29-26(25(21-7-3-1-4-8-21)22-9-5-2-6-10-22)28-15-13-27(14-16-28)19-24-18-20-11-12-23(24)17-20/h1-12,20,23-25H,13-19H2/t20-,23-,24+/m1/s1. The van der Waals surface area contributed by atoms with Crippen molar-refractivity contribution in [1.82, 2.24) is 9.80 Å². The van der Waals surface area contributed by atoms with Gasteiger partial charge in [0.25, 0.3) is 0 Å². The lowest BCUT2D eigenvalue weighted by Gasteiger charge is -2.38. The Bertz CT molecular complexity index is 815. The van der Waals surface area contributed by atoms with Crippen LogP contribution < -0.4 is 0 Å². The van der Waals surface area contributed by atoms with Crippen molar-refractivity contribution in [1.29, 1.82) is 0 Å². The second-order valence-corrected chi connectivity index (χ2v) is 8.92. The van der Waals surface area contributed by atoms with Gasteiger partial charge in [-0.1, -0.05) is 72.8 Å². The molecular weight excluding hydrogens is 356 g/mol. The minimum atomic E-state index is -0.209. The smallest absolute Gasteiger partial charge is 0.234 e. The van der Waals surface area contributed by atoms with Crippen LogP contribution in [-0.2, 0) is 4.79 Å². The topological polar surface area (TPSA) is 23.6 Å². The van der Waals surface area contributed by atoms with Gasteiger partial charge in [0.1, 0.15) is 0 Å². The predicted octanol–water partition coefficient (Wildman–Crippen LogP) is 4.17. The van der Waals surface area contributed by atoms with E-state index >= 15 is 0 Å². The van der Waals surface area contributed by atoms with Crippen molar-refractivity contribution in [2.45, 2.75) is 18.8 Å². The van der Waals surface area contributed by atoms with Crippen molar-refractivity contribution < 1.29 is 4.79 Å². The van der Waals surface area contributed by atoms with Crippen molar-refractivity contribution in [2.24, 2.45) is 17.8 Å². The van der Waals surface area contributed by atoms with Crippen molar-refractivity contribution in [3.8, 4) is 0 Å². The van der Waals surface area contributed by atoms with Crippen LogP contribution in [0, 0.1) is 17.8 Å². The maximum atomic E-state index is 13.6. The summed E-state index contributed by atoms with van der Waals surface area (Å²) >= 11 is 0. The van der Waals surface area contributed by atoms with E-state index < -0.39 is 0 Å². The first kappa shape index (κ1) is 18.6. The monoisotopic (exact) mass is 386 g/mol. The molecule has 1 amide bonds. The van der Waals surface area contributed by atoms with E-state index in [9.17, 15) is 4.79 Å². The largest absolute Gasteiger partial charge is 0.339 e. The molecule has 2 aliphatic carbocycles. The third-order valence-corrected chi connectivity index (χ3v) is 7.11. The molecule has 1 saturated heterocycles. The molecule has 3 heteroatoms. The van der Waals surface area contributed by atoms with Gasteiger partial charge in [-0.2, -0.15) is 0 Å². The van der Waals surface area contributed by atoms with E-state index in [0.29, 0.717) is 0 Å². The average Bonchev–Trinajstić information content (AvgIpc) is 3.39. The lowest BCUT2D eigenvalue weighted by atomic mass is 9.89. The van der Waals surface area contributed by atoms with Crippen LogP contribution >= 0.6 is 0 Å². The van der Waals surface area contributed by atoms with Gasteiger partial charge in [-0.15, -0.1) is 0 Å². The molecule has 150 valence electrons. The first-order valence-electron chi connectivity index (χ1n) is 11.1. The summed E-state index contributed by atoms with van der Waals surface area (Å²) in [6.45, 7) is 4.88. The lowest BCUT2D eigenvalue weighted by Crippen LogP contribution is -2.51. The zero-order valence-corrected chi connectivity index (χ0v) is 17.0. The number of carbonyl (C=O) groups is 1. The Morgan fingerprint density at radius 1 is 0.828 bits per heavy atom. The molecule has 2 fully saturated rings. The number of amides is 1. The van der Waals surface area contributed by atoms with E-state index in [1.165, 1.54) is 19.4 Å². The zero-order chi connectivity index (χ0) is 19.6. The predicted molar refractivity (Wildman–Crippen MR) is 117 cm³/mol. The number of allylic oxidation sites excluding steroid dienone is 2. The Hall–Kier alpha value is -2.39. The number of fused-ring (bicyclic) bond motifs is 2. The van der Waals surface area contributed by atoms with Gasteiger partial charge in [-0.05, 0) is 41.7 Å². The molecule has 2 bridgehead atoms. The number of hydrogen-bond donors (Lipinski definition) is 0. The molecule has 1 heterocycles. The summed E-state index contributed by atoms with van der Waals surface area (Å²) in [4.78, 5) is 18.2. The zero-order valence-electron chi connectivity index (χ0n) is 17.0. The summed E-state index contributed by atoms with van der Waals surface area (Å²) in [5.41, 5.74) is 2.17. The van der Waals surface area contributed by atoms with Crippen LogP contribution in [0.1, 0.15) is 29.9 Å². The third-order valence-electron chi connectivity index (χ3n) is 7.11. The Kier molecular flexibility index (Phi) is 5.24. The molecule has 1 saturated carbocycles. The normalized spacial score (nSPS) is 26.4. The van der Waals surface area contributed by atoms with Gasteiger partial charge in [-0.3, -0.25) is 9.69 Å². The highest BCUT2D eigenvalue weighted by molar-refractivity contribution is 5.87. The molecule has 0 unspecified atom stereocenters. The fourth-order valence-corrected chi connectivity index (χ4v) is 5.54. The minimum absolute atomic E-state index is 0.209. The Morgan fingerprint density at radius 2 is 1.45 bits per heavy atom. The van der Waals surface area contributed by atoms with E-state index in [0.717, 1.165) is 55.1 Å². The van der Waals surface area contributed by atoms with E-state index in [1.807, 2.05) is 36.4 Å². The molecular formula is C26H30N2O. The summed E-state index contributed by atoms with van der Waals surface area (Å²) in [5, 5.41) is 0. The van der Waals surface area contributed by atoms with Crippen LogP contribution in [0.5, 0.6) is 0 Å². The third kappa shape index (κ3) is 3.89. The molecule has 29 heavy (non-hydrogen) atoms. The molecule has 1 aliphatic heterocycles. The SMILES string of the molecule is O=C(C(c1ccccc1)c1ccccc1)N1CCN(C[C@@H]2C[C@@H]3C=C[C@@H]2C3)CC1. The fraction of sp³-hybridized carbons (Fsp3) is 0.423. The van der Waals surface area contributed by atoms with Crippen molar-refractivity contribution in [3.05, 3.63) is 83.9 Å². The second-order valence-electron chi connectivity index (χ2n) is 8.92. The van der Waals surface area contributed by atoms with Gasteiger partial charge in [0.2, 0.25) is 5.91 Å². The van der Waals surface area contributed by atoms with Crippen molar-refractivity contribution in [3.63, 3.8) is 0 Å². The molecule has 0 aromatic heterocycles. The molecule has 0 N–H and O–H groups in total. The van der Waals surface area contributed by atoms with Crippen LogP contribution in [0.2, 0.25) is 0 Å². The van der Waals surface area contributed by atoms with Crippen LogP contribution in [0.3, 0.4) is 0 Å². The van der Waals surface area contributed by atoms with Gasteiger partial charge < -0.3 is 4.90 Å². The van der Waals surface area contributed by atoms with E-state index in [1.54, 1.807) is 0 Å². The number of piperazine rings is 1. The maximum Gasteiger partial charge on any atom is 0.234 e. The Labute approximate surface area is 174 Å². The number of nitrogens with zero attached hydrogens (tertiary/aromatic N) is 2. The Balaban J connectivity index is 1.25. The van der Waals surface area contributed by atoms with Crippen LogP contribution in [0.25, 0.3) is 0 Å². The van der Waals surface area contributed by atoms with Gasteiger partial charge in [0, 0.05) is 32.7 Å². The van der Waals surface area contributed by atoms with Gasteiger partial charge in [-0.25, -0.2) is 0 Å². The van der Waals surface area contributed by atoms with Crippen molar-refractivity contribution >= 4 is 5.91 Å². The number of hydrogen-bond acceptors (Lipinski definition) is 2. The second kappa shape index (κ2) is 8.16. The molecule has 3 aliphatic rings. The summed E-state index contributed by atoms with van der Waals surface area (Å²) < 4.78 is 0. The number of benzene rings is 2. The van der Waals surface area contributed by atoms with Gasteiger partial charge in [0.05, 0.1) is 5.92 Å². The lowest BCUT2D eigenvalue weighted by molar-refractivity contribution is -0.133. The van der Waals surface area contributed by atoms with Gasteiger partial charge in [0.15, 0.2) is 0 Å². The number of rotatable bonds is 5. The molecule has 5 rings (SSSR count). The van der Waals surface area contributed by atoms with Crippen LogP contribution in [0.4, 0.5) is 0 Å². The van der Waals surface area contributed by atoms with Crippen LogP contribution in [-0.4, -0.2) is 48.4 Å². The molecule has 2 aromatic rings. The van der Waals surface area contributed by atoms with Crippen LogP contribution in [0.15, 0.2) is 72.8 Å². The Morgan fingerprint density at radius 3 is 1.97 bits per heavy atom. The maximum absolute atomic E-state index is 13.6. The van der Waals surface area contributed by atoms with Gasteiger partial charge >= 0.3 is 0 Å². The summed E-state index contributed by atoms with van der Waals surface area (Å²) in [6, 6.07) is 20.5. The first-order valence-corrected chi connectivity index (χ1v) is 11.1. The van der Waals surface area contributed by atoms with E-state index in [-0.39, 0.29) is 11.8 Å². The highest BCUT2D eigenvalue weighted by Crippen LogP contribution is 2.43. The first-order chi connectivity index (χ1) is 14.3. The average molecular weight is 387 g/mol. The van der Waals surface area contributed by atoms with Crippen molar-refractivity contribution in [2.75, 3.05) is 32.7 Å². The molecule has 0 spiro atoms. The summed E-state index contributed by atoms with van der Waals surface area (Å²) in [5.74, 6) is 2.50. The summed E-state index contributed by atoms with van der Waals surface area (Å²) in [6.07, 6.45) is 7.61. The molecule has 2 aromatic carbocycles. The number of carbonyl (C=O) groups excluding carboxylic acids is 1. The fourth-order valence-electron chi connectivity index (χ4n) is 5.54. The van der Waals surface area contributed by atoms with E-state index in [4.69, 9.17) is 0 Å². The highest BCUT2D eigenvalue weighted by atomic mass is 16.2. The highest BCUT2D eigenvalue weighted by Gasteiger charge is 2.37. The quantitative estimate of drug-likeness (QED) is 0.720. The molecule has 3 nitrogen and oxygen atoms in total. The molecule has 3 atom stereocenters. The summed E-state index contributed by atoms with van der Waals surface area (Å²) in [7, 11) is 0.